The van der Waals surface area contributed by atoms with E-state index < -0.39 is 0 Å². The van der Waals surface area contributed by atoms with Crippen LogP contribution in [0, 0.1) is 0 Å². The number of anilines is 2. The first-order chi connectivity index (χ1) is 14.1. The molecular weight excluding hydrogens is 454 g/mol. The third-order valence-corrected chi connectivity index (χ3v) is 5.27. The third kappa shape index (κ3) is 5.81. The number of nitrogen functional groups attached to an aromatic ring is 1. The number of hydrazone groups is 1. The SMILES string of the molecule is CC/C(=N\Nc1nnc(SCC(=O)Nc2cccc(Br)c2)n1N)c1ccccc1. The van der Waals surface area contributed by atoms with Crippen LogP contribution in [0.2, 0.25) is 0 Å². The zero-order valence-electron chi connectivity index (χ0n) is 15.7. The summed E-state index contributed by atoms with van der Waals surface area (Å²) >= 11 is 4.56. The molecule has 0 aliphatic rings. The van der Waals surface area contributed by atoms with Crippen LogP contribution in [-0.4, -0.2) is 32.2 Å². The standard InChI is InChI=1S/C19H20BrN7OS/c1-2-16(13-7-4-3-5-8-13)23-24-18-25-26-19(27(18)21)29-12-17(28)22-15-10-6-9-14(20)11-15/h3-11H,2,12,21H2,1H3,(H,22,28)(H,24,25)/b23-16+. The monoisotopic (exact) mass is 473 g/mol. The van der Waals surface area contributed by atoms with Gasteiger partial charge in [-0.25, -0.2) is 10.1 Å². The van der Waals surface area contributed by atoms with Gasteiger partial charge in [0.25, 0.3) is 5.95 Å². The number of hydrogen-bond donors (Lipinski definition) is 3. The highest BCUT2D eigenvalue weighted by Crippen LogP contribution is 2.19. The van der Waals surface area contributed by atoms with Crippen molar-refractivity contribution in [1.82, 2.24) is 14.9 Å². The zero-order valence-corrected chi connectivity index (χ0v) is 18.1. The quantitative estimate of drug-likeness (QED) is 0.199. The average Bonchev–Trinajstić information content (AvgIpc) is 3.07. The Hall–Kier alpha value is -2.85. The number of nitrogens with one attached hydrogen (secondary N) is 2. The summed E-state index contributed by atoms with van der Waals surface area (Å²) in [5.41, 5.74) is 5.45. The summed E-state index contributed by atoms with van der Waals surface area (Å²) in [5, 5.41) is 15.6. The van der Waals surface area contributed by atoms with Crippen LogP contribution in [0.25, 0.3) is 0 Å². The Bertz CT molecular complexity index is 1010. The minimum atomic E-state index is -0.166. The Balaban J connectivity index is 1.59. The lowest BCUT2D eigenvalue weighted by Crippen LogP contribution is -2.17. The fourth-order valence-corrected chi connectivity index (χ4v) is 3.50. The van der Waals surface area contributed by atoms with Crippen LogP contribution >= 0.6 is 27.7 Å². The summed E-state index contributed by atoms with van der Waals surface area (Å²) in [4.78, 5) is 12.1. The number of halogens is 1. The maximum absolute atomic E-state index is 12.1. The molecule has 1 heterocycles. The summed E-state index contributed by atoms with van der Waals surface area (Å²) < 4.78 is 2.17. The number of nitrogens with two attached hydrogens (primary N) is 1. The minimum absolute atomic E-state index is 0.148. The van der Waals surface area contributed by atoms with Crippen LogP contribution in [0.3, 0.4) is 0 Å². The molecule has 1 amide bonds. The van der Waals surface area contributed by atoms with Crippen molar-refractivity contribution in [3.05, 3.63) is 64.6 Å². The second-order valence-corrected chi connectivity index (χ2v) is 7.77. The molecule has 2 aromatic carbocycles. The van der Waals surface area contributed by atoms with E-state index in [9.17, 15) is 4.79 Å². The first-order valence-electron chi connectivity index (χ1n) is 8.83. The molecule has 3 aromatic rings. The smallest absolute Gasteiger partial charge is 0.264 e. The summed E-state index contributed by atoms with van der Waals surface area (Å²) in [5.74, 6) is 6.31. The van der Waals surface area contributed by atoms with Crippen LogP contribution < -0.4 is 16.6 Å². The van der Waals surface area contributed by atoms with Crippen molar-refractivity contribution >= 4 is 50.9 Å². The van der Waals surface area contributed by atoms with Gasteiger partial charge in [-0.2, -0.15) is 5.10 Å². The van der Waals surface area contributed by atoms with E-state index in [-0.39, 0.29) is 11.7 Å². The molecule has 0 spiro atoms. The number of rotatable bonds is 8. The number of carbonyl (C=O) groups is 1. The molecule has 0 atom stereocenters. The van der Waals surface area contributed by atoms with E-state index in [0.717, 1.165) is 22.2 Å². The van der Waals surface area contributed by atoms with Crippen LogP contribution in [0.5, 0.6) is 0 Å². The Morgan fingerprint density at radius 3 is 2.72 bits per heavy atom. The molecule has 150 valence electrons. The topological polar surface area (TPSA) is 110 Å². The molecule has 0 aliphatic heterocycles. The summed E-state index contributed by atoms with van der Waals surface area (Å²) in [7, 11) is 0. The van der Waals surface area contributed by atoms with Gasteiger partial charge in [-0.1, -0.05) is 71.0 Å². The molecule has 0 fully saturated rings. The van der Waals surface area contributed by atoms with Crippen molar-refractivity contribution in [1.29, 1.82) is 0 Å². The number of amides is 1. The lowest BCUT2D eigenvalue weighted by Gasteiger charge is -2.06. The first-order valence-corrected chi connectivity index (χ1v) is 10.6. The summed E-state index contributed by atoms with van der Waals surface area (Å²) in [6.45, 7) is 2.02. The highest BCUT2D eigenvalue weighted by Gasteiger charge is 2.12. The summed E-state index contributed by atoms with van der Waals surface area (Å²) in [6, 6.07) is 17.2. The van der Waals surface area contributed by atoms with E-state index in [1.165, 1.54) is 16.4 Å². The largest absolute Gasteiger partial charge is 0.334 e. The second kappa shape index (κ2) is 10.1. The second-order valence-electron chi connectivity index (χ2n) is 5.91. The molecule has 10 heteroatoms. The molecule has 3 rings (SSSR count). The Morgan fingerprint density at radius 2 is 2.00 bits per heavy atom. The first kappa shape index (κ1) is 20.9. The molecule has 0 saturated carbocycles. The fourth-order valence-electron chi connectivity index (χ4n) is 2.44. The van der Waals surface area contributed by atoms with Crippen LogP contribution in [0.1, 0.15) is 18.9 Å². The normalized spacial score (nSPS) is 11.3. The van der Waals surface area contributed by atoms with Gasteiger partial charge in [-0.3, -0.25) is 4.79 Å². The van der Waals surface area contributed by atoms with Gasteiger partial charge in [0.15, 0.2) is 0 Å². The lowest BCUT2D eigenvalue weighted by molar-refractivity contribution is -0.113. The average molecular weight is 474 g/mol. The Kier molecular flexibility index (Phi) is 7.25. The van der Waals surface area contributed by atoms with E-state index >= 15 is 0 Å². The fraction of sp³-hybridized carbons (Fsp3) is 0.158. The zero-order chi connectivity index (χ0) is 20.6. The van der Waals surface area contributed by atoms with E-state index in [1.54, 1.807) is 0 Å². The lowest BCUT2D eigenvalue weighted by atomic mass is 10.1. The molecule has 0 saturated heterocycles. The molecule has 29 heavy (non-hydrogen) atoms. The van der Waals surface area contributed by atoms with E-state index in [2.05, 4.69) is 42.0 Å². The molecule has 0 aliphatic carbocycles. The molecule has 4 N–H and O–H groups in total. The third-order valence-electron chi connectivity index (χ3n) is 3.84. The molecular formula is C19H20BrN7OS. The van der Waals surface area contributed by atoms with Gasteiger partial charge in [-0.05, 0) is 30.2 Å². The molecule has 0 bridgehead atoms. The Labute approximate surface area is 181 Å². The number of hydrogen-bond acceptors (Lipinski definition) is 7. The van der Waals surface area contributed by atoms with Crippen molar-refractivity contribution in [2.24, 2.45) is 5.10 Å². The number of nitrogens with zero attached hydrogens (tertiary/aromatic N) is 4. The number of aromatic nitrogens is 3. The predicted molar refractivity (Wildman–Crippen MR) is 121 cm³/mol. The van der Waals surface area contributed by atoms with E-state index in [0.29, 0.717) is 16.8 Å². The highest BCUT2D eigenvalue weighted by molar-refractivity contribution is 9.10. The number of benzene rings is 2. The van der Waals surface area contributed by atoms with Gasteiger partial charge in [-0.15, -0.1) is 10.2 Å². The van der Waals surface area contributed by atoms with Crippen LogP contribution in [-0.2, 0) is 4.79 Å². The van der Waals surface area contributed by atoms with Crippen LogP contribution in [0.4, 0.5) is 11.6 Å². The molecule has 0 unspecified atom stereocenters. The van der Waals surface area contributed by atoms with Crippen molar-refractivity contribution in [3.63, 3.8) is 0 Å². The van der Waals surface area contributed by atoms with Crippen molar-refractivity contribution in [2.45, 2.75) is 18.5 Å². The van der Waals surface area contributed by atoms with Crippen molar-refractivity contribution < 1.29 is 4.79 Å². The van der Waals surface area contributed by atoms with Gasteiger partial charge < -0.3 is 11.2 Å². The highest BCUT2D eigenvalue weighted by atomic mass is 79.9. The Morgan fingerprint density at radius 1 is 1.21 bits per heavy atom. The maximum Gasteiger partial charge on any atom is 0.264 e. The summed E-state index contributed by atoms with van der Waals surface area (Å²) in [6.07, 6.45) is 0.743. The van der Waals surface area contributed by atoms with Crippen molar-refractivity contribution in [3.8, 4) is 0 Å². The molecule has 1 aromatic heterocycles. The molecule has 0 radical (unpaired) electrons. The molecule has 8 nitrogen and oxygen atoms in total. The van der Waals surface area contributed by atoms with Gasteiger partial charge >= 0.3 is 0 Å². The van der Waals surface area contributed by atoms with Gasteiger partial charge in [0.2, 0.25) is 11.1 Å². The van der Waals surface area contributed by atoms with Crippen LogP contribution in [0.15, 0.2) is 69.3 Å². The van der Waals surface area contributed by atoms with Gasteiger partial charge in [0.1, 0.15) is 0 Å². The predicted octanol–water partition coefficient (Wildman–Crippen LogP) is 3.71. The number of thioether (sulfide) groups is 1. The van der Waals surface area contributed by atoms with Crippen molar-refractivity contribution in [2.75, 3.05) is 22.3 Å². The van der Waals surface area contributed by atoms with Gasteiger partial charge in [0.05, 0.1) is 11.5 Å². The van der Waals surface area contributed by atoms with Gasteiger partial charge in [0, 0.05) is 10.2 Å². The maximum atomic E-state index is 12.1. The van der Waals surface area contributed by atoms with E-state index in [1.807, 2.05) is 61.5 Å². The van der Waals surface area contributed by atoms with E-state index in [4.69, 9.17) is 5.84 Å². The number of carbonyl (C=O) groups excluding carboxylic acids is 1. The minimum Gasteiger partial charge on any atom is -0.334 e.